The third-order valence-corrected chi connectivity index (χ3v) is 6.99. The summed E-state index contributed by atoms with van der Waals surface area (Å²) >= 11 is 14.6. The number of carbonyl (C=O) groups is 2. The van der Waals surface area contributed by atoms with Crippen molar-refractivity contribution in [2.75, 3.05) is 6.54 Å². The predicted molar refractivity (Wildman–Crippen MR) is 129 cm³/mol. The van der Waals surface area contributed by atoms with Gasteiger partial charge in [0.1, 0.15) is 24.3 Å². The van der Waals surface area contributed by atoms with Gasteiger partial charge in [-0.3, -0.25) is 9.59 Å². The molecule has 0 saturated carbocycles. The highest BCUT2D eigenvalue weighted by Gasteiger charge is 2.41. The van der Waals surface area contributed by atoms with Crippen LogP contribution in [0.25, 0.3) is 5.83 Å². The Morgan fingerprint density at radius 2 is 1.52 bits per heavy atom. The largest absolute Gasteiger partial charge is 0.417 e. The molecule has 0 saturated heterocycles. The van der Waals surface area contributed by atoms with Crippen LogP contribution < -0.4 is 10.6 Å². The van der Waals surface area contributed by atoms with Gasteiger partial charge in [0.25, 0.3) is 5.91 Å². The highest BCUT2D eigenvalue weighted by Crippen LogP contribution is 2.43. The monoisotopic (exact) mass is 690 g/mol. The minimum atomic E-state index is -5.33. The molecular weight excluding hydrogens is 677 g/mol. The number of amides is 2. The number of rotatable bonds is 7. The molecule has 2 atom stereocenters. The average Bonchev–Trinajstić information content (AvgIpc) is 2.81. The van der Waals surface area contributed by atoms with Crippen LogP contribution in [0.3, 0.4) is 0 Å². The van der Waals surface area contributed by atoms with Crippen LogP contribution in [-0.4, -0.2) is 36.8 Å². The van der Waals surface area contributed by atoms with E-state index in [1.54, 1.807) is 5.32 Å². The van der Waals surface area contributed by atoms with Crippen molar-refractivity contribution in [1.29, 1.82) is 0 Å². The molecule has 220 valence electrons. The Bertz CT molecular complexity index is 1290. The number of hydrogen-bond acceptors (Lipinski definition) is 2. The Kier molecular flexibility index (Phi) is 10.6. The second kappa shape index (κ2) is 12.6. The normalized spacial score (nSPS) is 14.5. The molecule has 2 aromatic carbocycles. The van der Waals surface area contributed by atoms with Crippen LogP contribution in [0.15, 0.2) is 40.9 Å². The SMILES string of the molecule is C[C@@H](NC(=O)c1ccc(/C(F)=C/C(c2cc(Cl)c(Br)c(Cl)c2)C(F)(F)F)cc1C(F)(F)F)C(=O)NCC(F)(F)F. The number of allylic oxidation sites excluding steroid dienone is 1. The molecule has 1 unspecified atom stereocenters. The molecule has 2 rings (SSSR count). The summed E-state index contributed by atoms with van der Waals surface area (Å²) in [7, 11) is 0. The van der Waals surface area contributed by atoms with Gasteiger partial charge in [-0.25, -0.2) is 4.39 Å². The Morgan fingerprint density at radius 3 is 2.00 bits per heavy atom. The van der Waals surface area contributed by atoms with Gasteiger partial charge in [0.15, 0.2) is 0 Å². The van der Waals surface area contributed by atoms with Crippen molar-refractivity contribution in [3.05, 3.63) is 73.2 Å². The summed E-state index contributed by atoms with van der Waals surface area (Å²) in [6.45, 7) is -0.872. The van der Waals surface area contributed by atoms with Gasteiger partial charge < -0.3 is 10.6 Å². The van der Waals surface area contributed by atoms with E-state index in [9.17, 15) is 53.5 Å². The third-order valence-electron chi connectivity index (χ3n) is 5.08. The van der Waals surface area contributed by atoms with E-state index in [1.807, 2.05) is 0 Å². The van der Waals surface area contributed by atoms with Crippen LogP contribution >= 0.6 is 39.1 Å². The number of benzene rings is 2. The van der Waals surface area contributed by atoms with E-state index < -0.39 is 76.9 Å². The van der Waals surface area contributed by atoms with Crippen molar-refractivity contribution >= 4 is 56.8 Å². The van der Waals surface area contributed by atoms with E-state index >= 15 is 0 Å². The molecule has 4 nitrogen and oxygen atoms in total. The Balaban J connectivity index is 2.45. The summed E-state index contributed by atoms with van der Waals surface area (Å²) in [6, 6.07) is 1.05. The lowest BCUT2D eigenvalue weighted by Gasteiger charge is -2.20. The molecule has 0 aliphatic rings. The zero-order valence-electron chi connectivity index (χ0n) is 19.6. The first-order chi connectivity index (χ1) is 18.1. The molecule has 0 aliphatic carbocycles. The summed E-state index contributed by atoms with van der Waals surface area (Å²) in [4.78, 5) is 24.1. The Hall–Kier alpha value is -2.52. The van der Waals surface area contributed by atoms with Crippen LogP contribution in [0.1, 0.15) is 39.9 Å². The van der Waals surface area contributed by atoms with Gasteiger partial charge >= 0.3 is 18.5 Å². The summed E-state index contributed by atoms with van der Waals surface area (Å²) in [5.74, 6) is -7.36. The van der Waals surface area contributed by atoms with Crippen molar-refractivity contribution in [1.82, 2.24) is 10.6 Å². The van der Waals surface area contributed by atoms with Crippen LogP contribution in [0.5, 0.6) is 0 Å². The van der Waals surface area contributed by atoms with Gasteiger partial charge in [-0.15, -0.1) is 0 Å². The summed E-state index contributed by atoms with van der Waals surface area (Å²) in [5.41, 5.74) is -4.56. The summed E-state index contributed by atoms with van der Waals surface area (Å²) < 4.78 is 134. The number of carbonyl (C=O) groups excluding carboxylic acids is 2. The van der Waals surface area contributed by atoms with Gasteiger partial charge in [-0.1, -0.05) is 29.3 Å². The van der Waals surface area contributed by atoms with Crippen LogP contribution in [0.4, 0.5) is 43.9 Å². The van der Waals surface area contributed by atoms with Crippen molar-refractivity contribution in [3.63, 3.8) is 0 Å². The lowest BCUT2D eigenvalue weighted by atomic mass is 9.95. The van der Waals surface area contributed by atoms with Crippen LogP contribution in [0.2, 0.25) is 10.0 Å². The van der Waals surface area contributed by atoms with E-state index in [2.05, 4.69) is 15.9 Å². The molecular formula is C23H15BrCl2F10N2O2. The number of halogens is 13. The van der Waals surface area contributed by atoms with Crippen LogP contribution in [-0.2, 0) is 11.0 Å². The van der Waals surface area contributed by atoms with E-state index in [0.29, 0.717) is 12.1 Å². The molecule has 0 aromatic heterocycles. The first-order valence-corrected chi connectivity index (χ1v) is 12.1. The Morgan fingerprint density at radius 1 is 0.975 bits per heavy atom. The van der Waals surface area contributed by atoms with Crippen molar-refractivity contribution in [3.8, 4) is 0 Å². The number of hydrogen-bond donors (Lipinski definition) is 2. The molecule has 17 heteroatoms. The van der Waals surface area contributed by atoms with E-state index in [0.717, 1.165) is 19.1 Å². The standard InChI is InChI=1S/C23H15BrCl2F10N2O2/c1-9(19(39)37-8-21(28,29)30)38-20(40)12-3-2-10(4-14(12)23(34,35)36)17(27)7-13(22(31,32)33)11-5-15(25)18(24)16(26)6-11/h2-7,9,13H,8H2,1H3,(H,37,39)(H,38,40)/b17-7-/t9-,13?/m1/s1. The van der Waals surface area contributed by atoms with E-state index in [1.165, 1.54) is 5.32 Å². The van der Waals surface area contributed by atoms with Crippen LogP contribution in [0, 0.1) is 0 Å². The fourth-order valence-corrected chi connectivity index (χ4v) is 3.92. The highest BCUT2D eigenvalue weighted by molar-refractivity contribution is 9.10. The van der Waals surface area contributed by atoms with Crippen molar-refractivity contribution in [2.45, 2.75) is 37.4 Å². The average molecular weight is 692 g/mol. The number of alkyl halides is 9. The second-order valence-electron chi connectivity index (χ2n) is 8.12. The van der Waals surface area contributed by atoms with Gasteiger partial charge in [-0.05, 0) is 58.8 Å². The fraction of sp³-hybridized carbons (Fsp3) is 0.304. The van der Waals surface area contributed by atoms with Crippen molar-refractivity contribution in [2.24, 2.45) is 0 Å². The molecule has 0 heterocycles. The van der Waals surface area contributed by atoms with Gasteiger partial charge in [0.2, 0.25) is 5.91 Å². The summed E-state index contributed by atoms with van der Waals surface area (Å²) in [5, 5.41) is 2.71. The third kappa shape index (κ3) is 8.99. The zero-order chi connectivity index (χ0) is 30.8. The molecule has 2 N–H and O–H groups in total. The van der Waals surface area contributed by atoms with E-state index in [-0.39, 0.29) is 26.7 Å². The van der Waals surface area contributed by atoms with Gasteiger partial charge in [0, 0.05) is 5.56 Å². The molecule has 2 aromatic rings. The summed E-state index contributed by atoms with van der Waals surface area (Å²) in [6.07, 6.45) is -15.3. The fourth-order valence-electron chi connectivity index (χ4n) is 3.18. The quantitative estimate of drug-likeness (QED) is 0.227. The van der Waals surface area contributed by atoms with E-state index in [4.69, 9.17) is 23.2 Å². The topological polar surface area (TPSA) is 58.2 Å². The second-order valence-corrected chi connectivity index (χ2v) is 9.73. The maximum absolute atomic E-state index is 15.0. The molecule has 2 amide bonds. The minimum absolute atomic E-state index is 0.00180. The van der Waals surface area contributed by atoms with Crippen molar-refractivity contribution < 1.29 is 53.5 Å². The first kappa shape index (κ1) is 33.7. The van der Waals surface area contributed by atoms with Gasteiger partial charge in [0.05, 0.1) is 25.6 Å². The molecule has 0 radical (unpaired) electrons. The maximum atomic E-state index is 15.0. The Labute approximate surface area is 237 Å². The number of nitrogens with one attached hydrogen (secondary N) is 2. The predicted octanol–water partition coefficient (Wildman–Crippen LogP) is 8.23. The zero-order valence-corrected chi connectivity index (χ0v) is 22.7. The lowest BCUT2D eigenvalue weighted by molar-refractivity contribution is -0.140. The molecule has 0 aliphatic heterocycles. The maximum Gasteiger partial charge on any atom is 0.417 e. The van der Waals surface area contributed by atoms with Gasteiger partial charge in [-0.2, -0.15) is 39.5 Å². The smallest absolute Gasteiger partial charge is 0.345 e. The lowest BCUT2D eigenvalue weighted by Crippen LogP contribution is -2.47. The molecule has 0 spiro atoms. The molecule has 40 heavy (non-hydrogen) atoms. The molecule has 0 bridgehead atoms. The first-order valence-electron chi connectivity index (χ1n) is 10.6. The minimum Gasteiger partial charge on any atom is -0.345 e. The highest BCUT2D eigenvalue weighted by atomic mass is 79.9. The molecule has 0 fully saturated rings.